The zero-order valence-electron chi connectivity index (χ0n) is 13.0. The van der Waals surface area contributed by atoms with Crippen LogP contribution < -0.4 is 15.5 Å². The maximum Gasteiger partial charge on any atom is 0.488 e. The largest absolute Gasteiger partial charge is 0.488 e. The van der Waals surface area contributed by atoms with Crippen LogP contribution in [0.5, 0.6) is 0 Å². The molecule has 5 N–H and O–H groups in total. The lowest BCUT2D eigenvalue weighted by atomic mass is 9.80. The first-order valence-corrected chi connectivity index (χ1v) is 8.72. The zero-order chi connectivity index (χ0) is 17.7. The SMILES string of the molecule is CCc1cc([S+](=O)(O)Nc2cccc(B(O)O)c2)ccc1NC=O. The van der Waals surface area contributed by atoms with E-state index in [1.165, 1.54) is 18.2 Å². The van der Waals surface area contributed by atoms with Gasteiger partial charge < -0.3 is 15.4 Å². The van der Waals surface area contributed by atoms with E-state index >= 15 is 0 Å². The van der Waals surface area contributed by atoms with E-state index in [9.17, 15) is 23.6 Å². The maximum atomic E-state index is 12.6. The van der Waals surface area contributed by atoms with Crippen LogP contribution in [0.3, 0.4) is 0 Å². The second kappa shape index (κ2) is 7.58. The number of anilines is 2. The van der Waals surface area contributed by atoms with Crippen molar-refractivity contribution in [2.45, 2.75) is 18.2 Å². The van der Waals surface area contributed by atoms with Crippen LogP contribution in [-0.2, 0) is 25.8 Å². The second-order valence-electron chi connectivity index (χ2n) is 5.06. The summed E-state index contributed by atoms with van der Waals surface area (Å²) in [5.74, 6) is 0. The van der Waals surface area contributed by atoms with Crippen LogP contribution >= 0.6 is 0 Å². The lowest BCUT2D eigenvalue weighted by molar-refractivity contribution is -0.105. The molecule has 0 saturated heterocycles. The predicted octanol–water partition coefficient (Wildman–Crippen LogP) is 0.856. The van der Waals surface area contributed by atoms with E-state index in [0.29, 0.717) is 18.5 Å². The molecule has 7 nitrogen and oxygen atoms in total. The number of carbonyl (C=O) groups is 1. The van der Waals surface area contributed by atoms with Crippen molar-refractivity contribution in [2.75, 3.05) is 10.0 Å². The normalized spacial score (nSPS) is 13.0. The highest BCUT2D eigenvalue weighted by atomic mass is 32.3. The molecule has 126 valence electrons. The van der Waals surface area contributed by atoms with Gasteiger partial charge in [0.1, 0.15) is 0 Å². The highest BCUT2D eigenvalue weighted by Gasteiger charge is 2.30. The number of rotatable bonds is 7. The van der Waals surface area contributed by atoms with Crippen molar-refractivity contribution >= 4 is 40.8 Å². The Balaban J connectivity index is 2.31. The van der Waals surface area contributed by atoms with Crippen molar-refractivity contribution in [2.24, 2.45) is 0 Å². The van der Waals surface area contributed by atoms with Gasteiger partial charge in [0.05, 0.1) is 5.69 Å². The molecule has 0 saturated carbocycles. The number of nitrogens with one attached hydrogen (secondary N) is 2. The summed E-state index contributed by atoms with van der Waals surface area (Å²) in [7, 11) is -5.26. The first-order chi connectivity index (χ1) is 11.4. The van der Waals surface area contributed by atoms with Gasteiger partial charge in [-0.05, 0) is 39.9 Å². The van der Waals surface area contributed by atoms with Gasteiger partial charge in [0, 0.05) is 17.8 Å². The summed E-state index contributed by atoms with van der Waals surface area (Å²) >= 11 is 0. The third-order valence-corrected chi connectivity index (χ3v) is 4.84. The number of carbonyl (C=O) groups excluding carboxylic acids is 1. The quantitative estimate of drug-likeness (QED) is 0.289. The van der Waals surface area contributed by atoms with Gasteiger partial charge in [-0.25, -0.2) is 0 Å². The van der Waals surface area contributed by atoms with Crippen LogP contribution in [0.2, 0.25) is 0 Å². The maximum absolute atomic E-state index is 12.6. The van der Waals surface area contributed by atoms with E-state index in [-0.39, 0.29) is 16.0 Å². The molecule has 9 heteroatoms. The van der Waals surface area contributed by atoms with Gasteiger partial charge in [-0.2, -0.15) is 9.27 Å². The smallest absolute Gasteiger partial charge is 0.423 e. The molecule has 24 heavy (non-hydrogen) atoms. The van der Waals surface area contributed by atoms with E-state index in [2.05, 4.69) is 10.0 Å². The average Bonchev–Trinajstić information content (AvgIpc) is 2.55. The lowest BCUT2D eigenvalue weighted by Crippen LogP contribution is -2.30. The first kappa shape index (κ1) is 18.1. The zero-order valence-corrected chi connectivity index (χ0v) is 13.8. The molecular formula is C15H18BN2O5S+. The predicted molar refractivity (Wildman–Crippen MR) is 94.3 cm³/mol. The van der Waals surface area contributed by atoms with Gasteiger partial charge >= 0.3 is 17.5 Å². The second-order valence-corrected chi connectivity index (χ2v) is 6.79. The topological polar surface area (TPSA) is 119 Å². The monoisotopic (exact) mass is 349 g/mol. The molecule has 0 radical (unpaired) electrons. The van der Waals surface area contributed by atoms with Crippen LogP contribution in [0, 0.1) is 0 Å². The summed E-state index contributed by atoms with van der Waals surface area (Å²) < 4.78 is 25.4. The molecule has 0 fully saturated rings. The Hall–Kier alpha value is -2.20. The Kier molecular flexibility index (Phi) is 5.73. The Bertz CT molecular complexity index is 784. The summed E-state index contributed by atoms with van der Waals surface area (Å²) in [6.07, 6.45) is 1.13. The Labute approximate surface area is 141 Å². The highest BCUT2D eigenvalue weighted by Crippen LogP contribution is 2.25. The third kappa shape index (κ3) is 4.21. The fourth-order valence-corrected chi connectivity index (χ4v) is 3.34. The van der Waals surface area contributed by atoms with Gasteiger partial charge in [-0.1, -0.05) is 19.1 Å². The van der Waals surface area contributed by atoms with E-state index < -0.39 is 17.5 Å². The summed E-state index contributed by atoms with van der Waals surface area (Å²) in [4.78, 5) is 10.7. The molecule has 1 atom stereocenters. The van der Waals surface area contributed by atoms with Crippen molar-refractivity contribution in [3.8, 4) is 0 Å². The van der Waals surface area contributed by atoms with Crippen LogP contribution in [0.4, 0.5) is 11.4 Å². The minimum Gasteiger partial charge on any atom is -0.423 e. The average molecular weight is 349 g/mol. The molecule has 2 aromatic carbocycles. The molecule has 2 rings (SSSR count). The fourth-order valence-electron chi connectivity index (χ4n) is 2.22. The number of aryl methyl sites for hydroxylation is 1. The molecule has 0 aliphatic heterocycles. The number of benzene rings is 2. The fraction of sp³-hybridized carbons (Fsp3) is 0.133. The molecule has 2 aromatic rings. The Morgan fingerprint density at radius 1 is 1.21 bits per heavy atom. The van der Waals surface area contributed by atoms with Crippen molar-refractivity contribution in [3.05, 3.63) is 48.0 Å². The molecule has 0 aromatic heterocycles. The standard InChI is InChI=1S/C15H17BN2O5S/c1-2-11-8-14(6-7-15(11)17-10-19)24(22,23)18-13-5-3-4-12(9-13)16(20)21/h3-10,20-21H,2H2,1H3,(H2-,17,18,19,22,23)/p+1. The third-order valence-electron chi connectivity index (χ3n) is 3.43. The van der Waals surface area contributed by atoms with Crippen LogP contribution in [0.15, 0.2) is 47.4 Å². The van der Waals surface area contributed by atoms with Crippen LogP contribution in [0.1, 0.15) is 12.5 Å². The van der Waals surface area contributed by atoms with Gasteiger partial charge in [0.2, 0.25) is 11.3 Å². The number of hydrogen-bond acceptors (Lipinski definition) is 4. The van der Waals surface area contributed by atoms with Crippen LogP contribution in [-0.4, -0.2) is 28.1 Å². The summed E-state index contributed by atoms with van der Waals surface area (Å²) in [5.41, 5.74) is 1.79. The number of hydrogen-bond donors (Lipinski definition) is 5. The molecule has 0 bridgehead atoms. The number of amides is 1. The van der Waals surface area contributed by atoms with E-state index in [1.807, 2.05) is 6.92 Å². The molecule has 0 heterocycles. The van der Waals surface area contributed by atoms with Crippen molar-refractivity contribution in [1.29, 1.82) is 0 Å². The van der Waals surface area contributed by atoms with Gasteiger partial charge in [-0.3, -0.25) is 4.79 Å². The van der Waals surface area contributed by atoms with Crippen molar-refractivity contribution < 1.29 is 23.6 Å². The first-order valence-electron chi connectivity index (χ1n) is 7.21. The Morgan fingerprint density at radius 2 is 1.96 bits per heavy atom. The summed E-state index contributed by atoms with van der Waals surface area (Å²) in [6.45, 7) is 1.87. The van der Waals surface area contributed by atoms with E-state index in [1.54, 1.807) is 24.3 Å². The summed E-state index contributed by atoms with van der Waals surface area (Å²) in [6, 6.07) is 10.5. The molecule has 1 unspecified atom stereocenters. The van der Waals surface area contributed by atoms with E-state index in [0.717, 1.165) is 5.56 Å². The molecule has 0 aliphatic rings. The minimum atomic E-state index is -3.60. The van der Waals surface area contributed by atoms with Crippen molar-refractivity contribution in [1.82, 2.24) is 0 Å². The van der Waals surface area contributed by atoms with Gasteiger partial charge in [0.15, 0.2) is 0 Å². The van der Waals surface area contributed by atoms with E-state index in [4.69, 9.17) is 0 Å². The van der Waals surface area contributed by atoms with Gasteiger partial charge in [-0.15, -0.1) is 0 Å². The Morgan fingerprint density at radius 3 is 2.58 bits per heavy atom. The molecule has 0 aliphatic carbocycles. The van der Waals surface area contributed by atoms with Gasteiger partial charge in [0.25, 0.3) is 0 Å². The summed E-state index contributed by atoms with van der Waals surface area (Å²) in [5, 5.41) is 20.9. The molecular weight excluding hydrogens is 331 g/mol. The molecule has 0 spiro atoms. The van der Waals surface area contributed by atoms with Crippen LogP contribution in [0.25, 0.3) is 0 Å². The minimum absolute atomic E-state index is 0.158. The lowest BCUT2D eigenvalue weighted by Gasteiger charge is -2.11. The highest BCUT2D eigenvalue weighted by molar-refractivity contribution is 7.99. The molecule has 1 amide bonds. The van der Waals surface area contributed by atoms with Crippen molar-refractivity contribution in [3.63, 3.8) is 0 Å².